The minimum absolute atomic E-state index is 0.0745. The molecular formula is C14H22N2O3. The molecule has 5 nitrogen and oxygen atoms in total. The number of aryl methyl sites for hydroxylation is 1. The smallest absolute Gasteiger partial charge is 0.268 e. The molecular weight excluding hydrogens is 244 g/mol. The largest absolute Gasteiger partial charge is 0.391 e. The number of Topliss-reactive ketones (excluding diaryl/α,β-unsaturated/α-hetero) is 1. The first-order valence-electron chi connectivity index (χ1n) is 6.44. The molecule has 0 spiro atoms. The summed E-state index contributed by atoms with van der Waals surface area (Å²) >= 11 is 0. The van der Waals surface area contributed by atoms with Crippen LogP contribution < -0.4 is 5.32 Å². The molecule has 1 unspecified atom stereocenters. The van der Waals surface area contributed by atoms with Gasteiger partial charge >= 0.3 is 0 Å². The number of carbonyl (C=O) groups excluding carboxylic acids is 2. The van der Waals surface area contributed by atoms with Gasteiger partial charge in [0.1, 0.15) is 5.69 Å². The fourth-order valence-electron chi connectivity index (χ4n) is 1.91. The fourth-order valence-corrected chi connectivity index (χ4v) is 1.91. The molecule has 0 saturated carbocycles. The third-order valence-corrected chi connectivity index (χ3v) is 2.89. The van der Waals surface area contributed by atoms with Crippen LogP contribution in [0.1, 0.15) is 48.0 Å². The highest BCUT2D eigenvalue weighted by atomic mass is 16.3. The second-order valence-corrected chi connectivity index (χ2v) is 5.27. The molecule has 0 fully saturated rings. The van der Waals surface area contributed by atoms with Gasteiger partial charge in [0.05, 0.1) is 6.10 Å². The zero-order valence-electron chi connectivity index (χ0n) is 11.9. The summed E-state index contributed by atoms with van der Waals surface area (Å²) < 4.78 is 1.61. The summed E-state index contributed by atoms with van der Waals surface area (Å²) in [5.74, 6) is 0.0264. The minimum Gasteiger partial charge on any atom is -0.391 e. The average Bonchev–Trinajstić information content (AvgIpc) is 2.67. The van der Waals surface area contributed by atoms with E-state index in [1.807, 2.05) is 13.8 Å². The second kappa shape index (κ2) is 6.52. The number of aromatic nitrogens is 1. The third-order valence-electron chi connectivity index (χ3n) is 2.89. The van der Waals surface area contributed by atoms with Gasteiger partial charge in [0, 0.05) is 25.4 Å². The standard InChI is InChI=1S/C14H22N2O3/c1-9(2)5-12(18)7-15-14(19)13-6-11(10(3)17)8-16(13)4/h6,8-9,12,18H,5,7H2,1-4H3,(H,15,19). The molecule has 1 atom stereocenters. The molecule has 0 saturated heterocycles. The minimum atomic E-state index is -0.545. The summed E-state index contributed by atoms with van der Waals surface area (Å²) in [5, 5.41) is 12.4. The molecule has 0 aliphatic carbocycles. The van der Waals surface area contributed by atoms with Crippen LogP contribution in [0.5, 0.6) is 0 Å². The zero-order chi connectivity index (χ0) is 14.6. The van der Waals surface area contributed by atoms with Gasteiger partial charge in [0.2, 0.25) is 0 Å². The van der Waals surface area contributed by atoms with Crippen LogP contribution in [-0.2, 0) is 7.05 Å². The van der Waals surface area contributed by atoms with E-state index in [0.717, 1.165) is 0 Å². The van der Waals surface area contributed by atoms with Gasteiger partial charge in [-0.2, -0.15) is 0 Å². The van der Waals surface area contributed by atoms with E-state index in [1.165, 1.54) is 6.92 Å². The molecule has 0 radical (unpaired) electrons. The quantitative estimate of drug-likeness (QED) is 0.764. The number of carbonyl (C=O) groups is 2. The van der Waals surface area contributed by atoms with Crippen LogP contribution in [-0.4, -0.2) is 34.0 Å². The van der Waals surface area contributed by atoms with Crippen molar-refractivity contribution in [1.82, 2.24) is 9.88 Å². The Bertz CT molecular complexity index is 463. The van der Waals surface area contributed by atoms with Gasteiger partial charge in [-0.25, -0.2) is 0 Å². The van der Waals surface area contributed by atoms with E-state index in [-0.39, 0.29) is 18.2 Å². The van der Waals surface area contributed by atoms with Crippen LogP contribution in [0.15, 0.2) is 12.3 Å². The molecule has 0 aliphatic rings. The Labute approximate surface area is 113 Å². The van der Waals surface area contributed by atoms with E-state index in [1.54, 1.807) is 23.9 Å². The predicted octanol–water partition coefficient (Wildman–Crippen LogP) is 1.36. The first-order valence-corrected chi connectivity index (χ1v) is 6.44. The van der Waals surface area contributed by atoms with E-state index < -0.39 is 6.10 Å². The molecule has 5 heteroatoms. The first-order chi connectivity index (χ1) is 8.81. The maximum absolute atomic E-state index is 11.9. The van der Waals surface area contributed by atoms with Gasteiger partial charge in [-0.1, -0.05) is 13.8 Å². The summed E-state index contributed by atoms with van der Waals surface area (Å²) in [7, 11) is 1.71. The molecule has 106 valence electrons. The predicted molar refractivity (Wildman–Crippen MR) is 73.2 cm³/mol. The van der Waals surface area contributed by atoms with Crippen molar-refractivity contribution in [2.24, 2.45) is 13.0 Å². The van der Waals surface area contributed by atoms with Gasteiger partial charge < -0.3 is 15.0 Å². The normalized spacial score (nSPS) is 12.5. The Kier molecular flexibility index (Phi) is 5.30. The van der Waals surface area contributed by atoms with E-state index in [2.05, 4.69) is 5.32 Å². The molecule has 19 heavy (non-hydrogen) atoms. The van der Waals surface area contributed by atoms with Crippen LogP contribution in [0.4, 0.5) is 0 Å². The maximum Gasteiger partial charge on any atom is 0.268 e. The second-order valence-electron chi connectivity index (χ2n) is 5.27. The van der Waals surface area contributed by atoms with Crippen LogP contribution in [0, 0.1) is 5.92 Å². The number of aliphatic hydroxyl groups excluding tert-OH is 1. The molecule has 0 bridgehead atoms. The van der Waals surface area contributed by atoms with Crippen molar-refractivity contribution in [3.63, 3.8) is 0 Å². The van der Waals surface area contributed by atoms with Crippen LogP contribution >= 0.6 is 0 Å². The SMILES string of the molecule is CC(=O)c1cc(C(=O)NCC(O)CC(C)C)n(C)c1. The lowest BCUT2D eigenvalue weighted by atomic mass is 10.1. The van der Waals surface area contributed by atoms with E-state index in [9.17, 15) is 14.7 Å². The molecule has 1 amide bonds. The Morgan fingerprint density at radius 1 is 1.42 bits per heavy atom. The highest BCUT2D eigenvalue weighted by Crippen LogP contribution is 2.08. The summed E-state index contributed by atoms with van der Waals surface area (Å²) in [6, 6.07) is 1.56. The van der Waals surface area contributed by atoms with Gasteiger partial charge in [-0.05, 0) is 25.3 Å². The van der Waals surface area contributed by atoms with Crippen molar-refractivity contribution in [3.05, 3.63) is 23.5 Å². The number of ketones is 1. The Balaban J connectivity index is 2.61. The lowest BCUT2D eigenvalue weighted by Gasteiger charge is -2.13. The molecule has 1 heterocycles. The van der Waals surface area contributed by atoms with Crippen molar-refractivity contribution < 1.29 is 14.7 Å². The molecule has 0 aromatic carbocycles. The Hall–Kier alpha value is -1.62. The number of nitrogens with zero attached hydrogens (tertiary/aromatic N) is 1. The zero-order valence-corrected chi connectivity index (χ0v) is 11.9. The number of hydrogen-bond acceptors (Lipinski definition) is 3. The Morgan fingerprint density at radius 2 is 2.05 bits per heavy atom. The van der Waals surface area contributed by atoms with E-state index in [0.29, 0.717) is 23.6 Å². The molecule has 1 rings (SSSR count). The number of nitrogens with one attached hydrogen (secondary N) is 1. The van der Waals surface area contributed by atoms with Gasteiger partial charge in [-0.3, -0.25) is 9.59 Å². The number of aliphatic hydroxyl groups is 1. The topological polar surface area (TPSA) is 71.3 Å². The lowest BCUT2D eigenvalue weighted by Crippen LogP contribution is -2.33. The van der Waals surface area contributed by atoms with Crippen LogP contribution in [0.2, 0.25) is 0 Å². The highest BCUT2D eigenvalue weighted by molar-refractivity contribution is 5.99. The number of rotatable bonds is 6. The third kappa shape index (κ3) is 4.52. The summed E-state index contributed by atoms with van der Waals surface area (Å²) in [6.07, 6.45) is 1.73. The molecule has 1 aromatic heterocycles. The first kappa shape index (κ1) is 15.4. The molecule has 1 aromatic rings. The fraction of sp³-hybridized carbons (Fsp3) is 0.571. The number of hydrogen-bond donors (Lipinski definition) is 2. The lowest BCUT2D eigenvalue weighted by molar-refractivity contribution is 0.0892. The number of amides is 1. The van der Waals surface area contributed by atoms with Crippen molar-refractivity contribution in [3.8, 4) is 0 Å². The Morgan fingerprint density at radius 3 is 2.53 bits per heavy atom. The molecule has 2 N–H and O–H groups in total. The summed E-state index contributed by atoms with van der Waals surface area (Å²) in [5.41, 5.74) is 0.928. The monoisotopic (exact) mass is 266 g/mol. The van der Waals surface area contributed by atoms with Gasteiger partial charge in [0.25, 0.3) is 5.91 Å². The van der Waals surface area contributed by atoms with Crippen molar-refractivity contribution in [2.45, 2.75) is 33.3 Å². The van der Waals surface area contributed by atoms with Gasteiger partial charge in [-0.15, -0.1) is 0 Å². The van der Waals surface area contributed by atoms with Crippen molar-refractivity contribution in [1.29, 1.82) is 0 Å². The molecule has 0 aliphatic heterocycles. The van der Waals surface area contributed by atoms with E-state index in [4.69, 9.17) is 0 Å². The van der Waals surface area contributed by atoms with Crippen LogP contribution in [0.3, 0.4) is 0 Å². The van der Waals surface area contributed by atoms with Gasteiger partial charge in [0.15, 0.2) is 5.78 Å². The van der Waals surface area contributed by atoms with E-state index >= 15 is 0 Å². The van der Waals surface area contributed by atoms with Crippen molar-refractivity contribution in [2.75, 3.05) is 6.54 Å². The summed E-state index contributed by atoms with van der Waals surface area (Å²) in [4.78, 5) is 23.2. The maximum atomic E-state index is 11.9. The highest BCUT2D eigenvalue weighted by Gasteiger charge is 2.15. The summed E-state index contributed by atoms with van der Waals surface area (Å²) in [6.45, 7) is 5.71. The van der Waals surface area contributed by atoms with Crippen molar-refractivity contribution >= 4 is 11.7 Å². The van der Waals surface area contributed by atoms with Crippen LogP contribution in [0.25, 0.3) is 0 Å². The average molecular weight is 266 g/mol.